The van der Waals surface area contributed by atoms with Crippen LogP contribution in [0.25, 0.3) is 0 Å². The molecule has 0 radical (unpaired) electrons. The van der Waals surface area contributed by atoms with E-state index in [2.05, 4.69) is 13.8 Å². The van der Waals surface area contributed by atoms with Crippen LogP contribution in [-0.4, -0.2) is 24.4 Å². The van der Waals surface area contributed by atoms with E-state index in [1.54, 1.807) is 0 Å². The second-order valence-electron chi connectivity index (χ2n) is 5.66. The Kier molecular flexibility index (Phi) is 2.85. The third-order valence-electron chi connectivity index (χ3n) is 3.97. The second kappa shape index (κ2) is 3.82. The van der Waals surface area contributed by atoms with Crippen LogP contribution in [0.5, 0.6) is 0 Å². The average Bonchev–Trinajstić information content (AvgIpc) is 2.77. The van der Waals surface area contributed by atoms with Crippen molar-refractivity contribution < 1.29 is 9.84 Å². The minimum atomic E-state index is -0.0619. The van der Waals surface area contributed by atoms with Gasteiger partial charge in [-0.25, -0.2) is 0 Å². The van der Waals surface area contributed by atoms with Gasteiger partial charge in [0.05, 0.1) is 6.10 Å². The molecule has 1 saturated carbocycles. The van der Waals surface area contributed by atoms with Gasteiger partial charge >= 0.3 is 0 Å². The van der Waals surface area contributed by atoms with Gasteiger partial charge in [0.1, 0.15) is 0 Å². The van der Waals surface area contributed by atoms with Crippen LogP contribution in [0.4, 0.5) is 0 Å². The Morgan fingerprint density at radius 2 is 1.93 bits per heavy atom. The first-order chi connectivity index (χ1) is 6.59. The molecule has 2 nitrogen and oxygen atoms in total. The third kappa shape index (κ3) is 2.29. The lowest BCUT2D eigenvalue weighted by molar-refractivity contribution is 0.0360. The first-order valence-electron chi connectivity index (χ1n) is 5.85. The molecule has 0 aromatic carbocycles. The van der Waals surface area contributed by atoms with Gasteiger partial charge in [0.2, 0.25) is 0 Å². The highest BCUT2D eigenvalue weighted by Crippen LogP contribution is 2.54. The molecular weight excluding hydrogens is 176 g/mol. The smallest absolute Gasteiger partial charge is 0.0576 e. The van der Waals surface area contributed by atoms with E-state index in [4.69, 9.17) is 4.74 Å². The normalized spacial score (nSPS) is 34.1. The number of ether oxygens (including phenoxy) is 1. The maximum absolute atomic E-state index is 10.0. The summed E-state index contributed by atoms with van der Waals surface area (Å²) >= 11 is 0. The van der Waals surface area contributed by atoms with E-state index in [1.165, 1.54) is 6.42 Å². The molecule has 0 aromatic heterocycles. The highest BCUT2D eigenvalue weighted by molar-refractivity contribution is 4.99. The van der Waals surface area contributed by atoms with E-state index in [0.29, 0.717) is 17.3 Å². The molecule has 82 valence electrons. The van der Waals surface area contributed by atoms with Crippen molar-refractivity contribution in [2.75, 3.05) is 13.2 Å². The van der Waals surface area contributed by atoms with E-state index < -0.39 is 0 Å². The maximum atomic E-state index is 10.0. The molecular formula is C12H22O2. The van der Waals surface area contributed by atoms with E-state index in [9.17, 15) is 5.11 Å². The van der Waals surface area contributed by atoms with Crippen LogP contribution in [-0.2, 0) is 4.74 Å². The zero-order valence-corrected chi connectivity index (χ0v) is 9.33. The molecule has 0 bridgehead atoms. The number of hydrogen-bond donors (Lipinski definition) is 1. The Balaban J connectivity index is 1.74. The van der Waals surface area contributed by atoms with E-state index in [0.717, 1.165) is 32.5 Å². The van der Waals surface area contributed by atoms with Gasteiger partial charge in [-0.05, 0) is 42.9 Å². The lowest BCUT2D eigenvalue weighted by atomic mass is 9.90. The molecule has 2 aliphatic rings. The van der Waals surface area contributed by atoms with Crippen molar-refractivity contribution in [2.24, 2.45) is 17.3 Å². The maximum Gasteiger partial charge on any atom is 0.0576 e. The third-order valence-corrected chi connectivity index (χ3v) is 3.97. The highest BCUT2D eigenvalue weighted by Gasteiger charge is 2.49. The van der Waals surface area contributed by atoms with Gasteiger partial charge in [-0.3, -0.25) is 0 Å². The van der Waals surface area contributed by atoms with Crippen LogP contribution in [0.3, 0.4) is 0 Å². The molecule has 14 heavy (non-hydrogen) atoms. The summed E-state index contributed by atoms with van der Waals surface area (Å²) in [7, 11) is 0. The van der Waals surface area contributed by atoms with Gasteiger partial charge in [0, 0.05) is 13.2 Å². The van der Waals surface area contributed by atoms with Crippen LogP contribution in [0.2, 0.25) is 0 Å². The van der Waals surface area contributed by atoms with Gasteiger partial charge in [0.25, 0.3) is 0 Å². The molecule has 2 atom stereocenters. The van der Waals surface area contributed by atoms with Gasteiger partial charge in [-0.1, -0.05) is 13.8 Å². The summed E-state index contributed by atoms with van der Waals surface area (Å²) in [4.78, 5) is 0. The highest BCUT2D eigenvalue weighted by atomic mass is 16.5. The Morgan fingerprint density at radius 3 is 2.43 bits per heavy atom. The summed E-state index contributed by atoms with van der Waals surface area (Å²) < 4.78 is 5.32. The fourth-order valence-corrected chi connectivity index (χ4v) is 2.65. The molecule has 0 amide bonds. The van der Waals surface area contributed by atoms with E-state index in [1.807, 2.05) is 0 Å². The van der Waals surface area contributed by atoms with Crippen molar-refractivity contribution in [3.8, 4) is 0 Å². The standard InChI is InChI=1S/C12H22O2/c1-12(2)8-10(12)11(13)7-9-3-5-14-6-4-9/h9-11,13H,3-8H2,1-2H3. The summed E-state index contributed by atoms with van der Waals surface area (Å²) in [5.41, 5.74) is 0.407. The topological polar surface area (TPSA) is 29.5 Å². The fourth-order valence-electron chi connectivity index (χ4n) is 2.65. The van der Waals surface area contributed by atoms with Crippen molar-refractivity contribution >= 4 is 0 Å². The molecule has 1 heterocycles. The van der Waals surface area contributed by atoms with Gasteiger partial charge in [-0.2, -0.15) is 0 Å². The molecule has 0 aromatic rings. The van der Waals surface area contributed by atoms with E-state index >= 15 is 0 Å². The monoisotopic (exact) mass is 198 g/mol. The molecule has 1 saturated heterocycles. The van der Waals surface area contributed by atoms with Crippen LogP contribution in [0.15, 0.2) is 0 Å². The molecule has 2 fully saturated rings. The lowest BCUT2D eigenvalue weighted by Gasteiger charge is -2.24. The number of aliphatic hydroxyl groups excluding tert-OH is 1. The summed E-state index contributed by atoms with van der Waals surface area (Å²) in [5, 5.41) is 10.0. The lowest BCUT2D eigenvalue weighted by Crippen LogP contribution is -2.23. The van der Waals surface area contributed by atoms with Crippen LogP contribution >= 0.6 is 0 Å². The van der Waals surface area contributed by atoms with Crippen molar-refractivity contribution in [1.29, 1.82) is 0 Å². The molecule has 1 aliphatic carbocycles. The van der Waals surface area contributed by atoms with Crippen LogP contribution in [0.1, 0.15) is 39.5 Å². The van der Waals surface area contributed by atoms with Crippen molar-refractivity contribution in [1.82, 2.24) is 0 Å². The van der Waals surface area contributed by atoms with Gasteiger partial charge in [-0.15, -0.1) is 0 Å². The van der Waals surface area contributed by atoms with Crippen molar-refractivity contribution in [2.45, 2.75) is 45.6 Å². The molecule has 2 heteroatoms. The Hall–Kier alpha value is -0.0800. The van der Waals surface area contributed by atoms with Crippen molar-refractivity contribution in [3.05, 3.63) is 0 Å². The summed E-state index contributed by atoms with van der Waals surface area (Å²) in [5.74, 6) is 1.26. The molecule has 1 aliphatic heterocycles. The first-order valence-corrected chi connectivity index (χ1v) is 5.85. The minimum absolute atomic E-state index is 0.0619. The summed E-state index contributed by atoms with van der Waals surface area (Å²) in [6.45, 7) is 6.30. The fraction of sp³-hybridized carbons (Fsp3) is 1.00. The van der Waals surface area contributed by atoms with Gasteiger partial charge < -0.3 is 9.84 Å². The molecule has 1 N–H and O–H groups in total. The predicted molar refractivity (Wildman–Crippen MR) is 56.1 cm³/mol. The zero-order chi connectivity index (χ0) is 10.2. The summed E-state index contributed by atoms with van der Waals surface area (Å²) in [6, 6.07) is 0. The van der Waals surface area contributed by atoms with E-state index in [-0.39, 0.29) is 6.10 Å². The predicted octanol–water partition coefficient (Wildman–Crippen LogP) is 2.21. The Bertz CT molecular complexity index is 194. The molecule has 2 unspecified atom stereocenters. The number of rotatable bonds is 3. The quantitative estimate of drug-likeness (QED) is 0.753. The SMILES string of the molecule is CC1(C)CC1C(O)CC1CCOCC1. The average molecular weight is 198 g/mol. The first kappa shape index (κ1) is 10.4. The number of hydrogen-bond acceptors (Lipinski definition) is 2. The molecule has 0 spiro atoms. The van der Waals surface area contributed by atoms with Crippen molar-refractivity contribution in [3.63, 3.8) is 0 Å². The van der Waals surface area contributed by atoms with Gasteiger partial charge in [0.15, 0.2) is 0 Å². The van der Waals surface area contributed by atoms with Crippen LogP contribution < -0.4 is 0 Å². The number of aliphatic hydroxyl groups is 1. The zero-order valence-electron chi connectivity index (χ0n) is 9.33. The second-order valence-corrected chi connectivity index (χ2v) is 5.66. The molecule has 2 rings (SSSR count). The Labute approximate surface area is 86.6 Å². The largest absolute Gasteiger partial charge is 0.393 e. The van der Waals surface area contributed by atoms with Crippen LogP contribution in [0, 0.1) is 17.3 Å². The Morgan fingerprint density at radius 1 is 1.36 bits per heavy atom. The summed E-state index contributed by atoms with van der Waals surface area (Å²) in [6.07, 6.45) is 4.43. The minimum Gasteiger partial charge on any atom is -0.393 e.